The zero-order valence-electron chi connectivity index (χ0n) is 13.8. The fraction of sp³-hybridized carbons (Fsp3) is 0.588. The smallest absolute Gasteiger partial charge is 0.257 e. The molecule has 0 unspecified atom stereocenters. The van der Waals surface area contributed by atoms with E-state index in [2.05, 4.69) is 38.3 Å². The fourth-order valence-electron chi connectivity index (χ4n) is 1.88. The number of ether oxygens (including phenoxy) is 1. The molecule has 0 heterocycles. The molecule has 1 rings (SSSR count). The van der Waals surface area contributed by atoms with Gasteiger partial charge in [0.05, 0.1) is 0 Å². The Morgan fingerprint density at radius 1 is 1.24 bits per heavy atom. The predicted molar refractivity (Wildman–Crippen MR) is 86.5 cm³/mol. The van der Waals surface area contributed by atoms with Crippen LogP contribution in [0.3, 0.4) is 0 Å². The molecule has 0 aliphatic heterocycles. The zero-order chi connectivity index (χ0) is 15.8. The largest absolute Gasteiger partial charge is 0.483 e. The lowest BCUT2D eigenvalue weighted by Crippen LogP contribution is -2.32. The van der Waals surface area contributed by atoms with Gasteiger partial charge in [-0.05, 0) is 18.4 Å². The molecule has 118 valence electrons. The normalized spacial score (nSPS) is 11.0. The molecule has 21 heavy (non-hydrogen) atoms. The van der Waals surface area contributed by atoms with Crippen LogP contribution in [0.25, 0.3) is 0 Å². The third-order valence-corrected chi connectivity index (χ3v) is 3.05. The molecule has 4 nitrogen and oxygen atoms in total. The number of carbonyl (C=O) groups is 1. The lowest BCUT2D eigenvalue weighted by Gasteiger charge is -2.16. The van der Waals surface area contributed by atoms with Crippen LogP contribution in [0.15, 0.2) is 18.2 Å². The Hall–Kier alpha value is -1.55. The number of hydrogen-bond acceptors (Lipinski definition) is 3. The van der Waals surface area contributed by atoms with E-state index in [1.165, 1.54) is 0 Å². The molecule has 0 radical (unpaired) electrons. The monoisotopic (exact) mass is 292 g/mol. The summed E-state index contributed by atoms with van der Waals surface area (Å²) in [5.74, 6) is 1.18. The Kier molecular flexibility index (Phi) is 7.23. The van der Waals surface area contributed by atoms with Crippen LogP contribution in [0.2, 0.25) is 0 Å². The van der Waals surface area contributed by atoms with Crippen molar-refractivity contribution in [3.63, 3.8) is 0 Å². The van der Waals surface area contributed by atoms with Gasteiger partial charge in [-0.25, -0.2) is 0 Å². The summed E-state index contributed by atoms with van der Waals surface area (Å²) in [6.45, 7) is 11.8. The average Bonchev–Trinajstić information content (AvgIpc) is 2.41. The van der Waals surface area contributed by atoms with Gasteiger partial charge in [-0.2, -0.15) is 0 Å². The fourth-order valence-corrected chi connectivity index (χ4v) is 1.88. The summed E-state index contributed by atoms with van der Waals surface area (Å²) in [4.78, 5) is 11.8. The first-order valence-electron chi connectivity index (χ1n) is 7.61. The van der Waals surface area contributed by atoms with E-state index in [4.69, 9.17) is 4.74 Å². The highest BCUT2D eigenvalue weighted by atomic mass is 16.5. The van der Waals surface area contributed by atoms with Gasteiger partial charge in [0.25, 0.3) is 5.91 Å². The first-order valence-corrected chi connectivity index (χ1v) is 7.61. The van der Waals surface area contributed by atoms with Crippen molar-refractivity contribution in [2.45, 2.75) is 47.2 Å². The minimum atomic E-state index is -0.0743. The van der Waals surface area contributed by atoms with Crippen LogP contribution in [0.5, 0.6) is 5.75 Å². The van der Waals surface area contributed by atoms with E-state index in [0.29, 0.717) is 18.5 Å². The molecule has 0 atom stereocenters. The van der Waals surface area contributed by atoms with Crippen molar-refractivity contribution < 1.29 is 9.53 Å². The van der Waals surface area contributed by atoms with Gasteiger partial charge in [-0.3, -0.25) is 4.79 Å². The van der Waals surface area contributed by atoms with Crippen LogP contribution >= 0.6 is 0 Å². The number of nitrogens with one attached hydrogen (secondary N) is 2. The molecule has 0 bridgehead atoms. The molecule has 1 aromatic carbocycles. The second-order valence-corrected chi connectivity index (χ2v) is 6.09. The Balaban J connectivity index is 2.62. The first-order chi connectivity index (χ1) is 9.90. The summed E-state index contributed by atoms with van der Waals surface area (Å²) in [6, 6.07) is 6.45. The van der Waals surface area contributed by atoms with Crippen LogP contribution in [-0.4, -0.2) is 25.1 Å². The maximum atomic E-state index is 11.8. The minimum Gasteiger partial charge on any atom is -0.483 e. The van der Waals surface area contributed by atoms with Crippen LogP contribution in [0, 0.1) is 12.8 Å². The van der Waals surface area contributed by atoms with E-state index in [1.807, 2.05) is 25.1 Å². The van der Waals surface area contributed by atoms with Crippen LogP contribution < -0.4 is 15.4 Å². The maximum absolute atomic E-state index is 11.8. The van der Waals surface area contributed by atoms with Crippen molar-refractivity contribution in [1.29, 1.82) is 0 Å². The molecular formula is C17H28N2O2. The van der Waals surface area contributed by atoms with Gasteiger partial charge >= 0.3 is 0 Å². The lowest BCUT2D eigenvalue weighted by atomic mass is 10.1. The molecule has 0 saturated carbocycles. The third-order valence-electron chi connectivity index (χ3n) is 3.05. The summed E-state index contributed by atoms with van der Waals surface area (Å²) >= 11 is 0. The first kappa shape index (κ1) is 17.5. The second-order valence-electron chi connectivity index (χ2n) is 6.09. The van der Waals surface area contributed by atoms with Crippen molar-refractivity contribution in [2.75, 3.05) is 13.2 Å². The topological polar surface area (TPSA) is 50.4 Å². The highest BCUT2D eigenvalue weighted by Crippen LogP contribution is 2.23. The van der Waals surface area contributed by atoms with Crippen LogP contribution in [0.4, 0.5) is 0 Å². The van der Waals surface area contributed by atoms with Crippen molar-refractivity contribution in [3.05, 3.63) is 29.3 Å². The third kappa shape index (κ3) is 6.63. The number of rotatable bonds is 8. The molecule has 4 heteroatoms. The standard InChI is InChI=1S/C17H28N2O2/c1-12(2)9-19-16(20)11-21-17-14(5)7-6-8-15(17)10-18-13(3)4/h6-8,12-13,18H,9-11H2,1-5H3,(H,19,20). The van der Waals surface area contributed by atoms with Gasteiger partial charge in [0.15, 0.2) is 6.61 Å². The molecule has 0 fully saturated rings. The van der Waals surface area contributed by atoms with E-state index in [9.17, 15) is 4.79 Å². The Labute approximate surface area is 128 Å². The van der Waals surface area contributed by atoms with Crippen LogP contribution in [-0.2, 0) is 11.3 Å². The summed E-state index contributed by atoms with van der Waals surface area (Å²) in [6.07, 6.45) is 0. The van der Waals surface area contributed by atoms with Gasteiger partial charge in [0.2, 0.25) is 0 Å². The number of amides is 1. The molecule has 0 saturated heterocycles. The maximum Gasteiger partial charge on any atom is 0.257 e. The Morgan fingerprint density at radius 3 is 2.57 bits per heavy atom. The molecule has 0 aromatic heterocycles. The van der Waals surface area contributed by atoms with E-state index in [-0.39, 0.29) is 12.5 Å². The van der Waals surface area contributed by atoms with Crippen molar-refractivity contribution in [1.82, 2.24) is 10.6 Å². The van der Waals surface area contributed by atoms with Gasteiger partial charge in [-0.15, -0.1) is 0 Å². The summed E-state index contributed by atoms with van der Waals surface area (Å²) in [7, 11) is 0. The molecule has 0 spiro atoms. The van der Waals surface area contributed by atoms with E-state index in [0.717, 1.165) is 23.4 Å². The van der Waals surface area contributed by atoms with Gasteiger partial charge in [-0.1, -0.05) is 45.9 Å². The van der Waals surface area contributed by atoms with Gasteiger partial charge < -0.3 is 15.4 Å². The van der Waals surface area contributed by atoms with E-state index < -0.39 is 0 Å². The summed E-state index contributed by atoms with van der Waals surface area (Å²) in [5, 5.41) is 6.24. The highest BCUT2D eigenvalue weighted by Gasteiger charge is 2.10. The second kappa shape index (κ2) is 8.67. The molecular weight excluding hydrogens is 264 g/mol. The van der Waals surface area contributed by atoms with Crippen molar-refractivity contribution in [2.24, 2.45) is 5.92 Å². The predicted octanol–water partition coefficient (Wildman–Crippen LogP) is 2.64. The number of benzene rings is 1. The number of aryl methyl sites for hydroxylation is 1. The number of hydrogen-bond donors (Lipinski definition) is 2. The Morgan fingerprint density at radius 2 is 1.95 bits per heavy atom. The summed E-state index contributed by atoms with van der Waals surface area (Å²) in [5.41, 5.74) is 2.13. The van der Waals surface area contributed by atoms with Gasteiger partial charge in [0, 0.05) is 24.7 Å². The molecule has 0 aliphatic rings. The van der Waals surface area contributed by atoms with E-state index >= 15 is 0 Å². The van der Waals surface area contributed by atoms with E-state index in [1.54, 1.807) is 0 Å². The lowest BCUT2D eigenvalue weighted by molar-refractivity contribution is -0.123. The SMILES string of the molecule is Cc1cccc(CNC(C)C)c1OCC(=O)NCC(C)C. The number of carbonyl (C=O) groups excluding carboxylic acids is 1. The average molecular weight is 292 g/mol. The summed E-state index contributed by atoms with van der Waals surface area (Å²) < 4.78 is 5.74. The Bertz CT molecular complexity index is 456. The molecule has 2 N–H and O–H groups in total. The van der Waals surface area contributed by atoms with Crippen molar-refractivity contribution in [3.8, 4) is 5.75 Å². The molecule has 1 aromatic rings. The number of para-hydroxylation sites is 1. The van der Waals surface area contributed by atoms with Crippen molar-refractivity contribution >= 4 is 5.91 Å². The zero-order valence-corrected chi connectivity index (χ0v) is 13.8. The quantitative estimate of drug-likeness (QED) is 0.774. The minimum absolute atomic E-state index is 0.0618. The van der Waals surface area contributed by atoms with Gasteiger partial charge in [0.1, 0.15) is 5.75 Å². The highest BCUT2D eigenvalue weighted by molar-refractivity contribution is 5.77. The molecule has 0 aliphatic carbocycles. The van der Waals surface area contributed by atoms with Crippen LogP contribution in [0.1, 0.15) is 38.8 Å². The molecule has 1 amide bonds.